The van der Waals surface area contributed by atoms with Gasteiger partial charge in [0.1, 0.15) is 5.54 Å². The third-order valence-electron chi connectivity index (χ3n) is 6.33. The maximum absolute atomic E-state index is 13.9. The lowest BCUT2D eigenvalue weighted by atomic mass is 9.84. The summed E-state index contributed by atoms with van der Waals surface area (Å²) in [6, 6.07) is 10.3. The summed E-state index contributed by atoms with van der Waals surface area (Å²) in [6.45, 7) is 1.64. The van der Waals surface area contributed by atoms with Crippen LogP contribution < -0.4 is 10.2 Å². The van der Waals surface area contributed by atoms with Crippen LogP contribution in [0.4, 0.5) is 23.5 Å². The van der Waals surface area contributed by atoms with Crippen LogP contribution in [0.3, 0.4) is 0 Å². The summed E-state index contributed by atoms with van der Waals surface area (Å²) in [6.07, 6.45) is -3.51. The third-order valence-corrected chi connectivity index (χ3v) is 7.36. The minimum absolute atomic E-state index is 0.00174. The van der Waals surface area contributed by atoms with Crippen LogP contribution in [0.15, 0.2) is 53.7 Å². The number of thioether (sulfide) groups is 1. The number of aromatic hydroxyl groups is 1. The number of carbonyl (C=O) groups is 1. The zero-order valence-electron chi connectivity index (χ0n) is 19.3. The molecule has 0 radical (unpaired) electrons. The van der Waals surface area contributed by atoms with E-state index >= 15 is 0 Å². The van der Waals surface area contributed by atoms with E-state index in [0.717, 1.165) is 18.3 Å². The standard InChI is InChI=1S/C24H20F4N6O2S/c1-13-18(25)20(36)31-21(30-13)34-10-16-11-37-22(32-19(35)14-5-3-2-4-6-14)33-23(16,12-34)17-9-15(7-8-29-17)24(26,27)28/h2-9,16H,10-12H2,1H3,(H,30,31,36)(H,32,33,35)/t16-,23-/m0/s1. The molecule has 2 atom stereocenters. The molecule has 13 heteroatoms. The van der Waals surface area contributed by atoms with Crippen LogP contribution in [0.1, 0.15) is 27.3 Å². The average Bonchev–Trinajstić information content (AvgIpc) is 3.27. The maximum atomic E-state index is 13.9. The van der Waals surface area contributed by atoms with Crippen molar-refractivity contribution >= 4 is 28.8 Å². The van der Waals surface area contributed by atoms with Gasteiger partial charge in [-0.1, -0.05) is 30.0 Å². The lowest BCUT2D eigenvalue weighted by Crippen LogP contribution is -2.43. The van der Waals surface area contributed by atoms with E-state index < -0.39 is 34.9 Å². The molecule has 37 heavy (non-hydrogen) atoms. The lowest BCUT2D eigenvalue weighted by Gasteiger charge is -2.34. The Morgan fingerprint density at radius 3 is 2.68 bits per heavy atom. The summed E-state index contributed by atoms with van der Waals surface area (Å²) in [5, 5.41) is 12.9. The predicted molar refractivity (Wildman–Crippen MR) is 129 cm³/mol. The van der Waals surface area contributed by atoms with Crippen LogP contribution in [0, 0.1) is 18.7 Å². The number of anilines is 1. The number of hydrogen-bond acceptors (Lipinski definition) is 8. The van der Waals surface area contributed by atoms with Crippen LogP contribution in [-0.4, -0.2) is 50.0 Å². The fourth-order valence-electron chi connectivity index (χ4n) is 4.45. The second-order valence-corrected chi connectivity index (χ2v) is 9.73. The van der Waals surface area contributed by atoms with E-state index in [-0.39, 0.29) is 41.5 Å². The SMILES string of the molecule is Cc1nc(N2C[C@H]3CSC(NC(=O)c4ccccc4)=N[C@@]3(c3cc(C(F)(F)F)ccn3)C2)nc(O)c1F. The number of amides is 1. The van der Waals surface area contributed by atoms with Crippen LogP contribution >= 0.6 is 11.8 Å². The van der Waals surface area contributed by atoms with Gasteiger partial charge in [-0.25, -0.2) is 9.98 Å². The average molecular weight is 533 g/mol. The van der Waals surface area contributed by atoms with Gasteiger partial charge in [0.25, 0.3) is 11.8 Å². The van der Waals surface area contributed by atoms with E-state index in [1.165, 1.54) is 18.7 Å². The highest BCUT2D eigenvalue weighted by Gasteiger charge is 2.53. The van der Waals surface area contributed by atoms with Gasteiger partial charge in [-0.05, 0) is 31.2 Å². The predicted octanol–water partition coefficient (Wildman–Crippen LogP) is 3.91. The molecule has 4 heterocycles. The number of alkyl halides is 3. The van der Waals surface area contributed by atoms with Crippen molar-refractivity contribution in [3.63, 3.8) is 0 Å². The molecule has 2 aliphatic heterocycles. The highest BCUT2D eigenvalue weighted by atomic mass is 32.2. The van der Waals surface area contributed by atoms with Crippen LogP contribution in [0.5, 0.6) is 5.88 Å². The highest BCUT2D eigenvalue weighted by molar-refractivity contribution is 8.13. The normalized spacial score (nSPS) is 21.4. The number of halogens is 4. The van der Waals surface area contributed by atoms with Gasteiger partial charge in [-0.3, -0.25) is 9.78 Å². The summed E-state index contributed by atoms with van der Waals surface area (Å²) in [7, 11) is 0. The number of fused-ring (bicyclic) bond motifs is 1. The van der Waals surface area contributed by atoms with Gasteiger partial charge in [0.05, 0.1) is 23.5 Å². The molecule has 5 rings (SSSR count). The first-order chi connectivity index (χ1) is 17.6. The first kappa shape index (κ1) is 24.9. The van der Waals surface area contributed by atoms with Gasteiger partial charge >= 0.3 is 6.18 Å². The van der Waals surface area contributed by atoms with Crippen molar-refractivity contribution in [2.24, 2.45) is 10.9 Å². The van der Waals surface area contributed by atoms with Gasteiger partial charge in [-0.15, -0.1) is 0 Å². The summed E-state index contributed by atoms with van der Waals surface area (Å²) >= 11 is 1.26. The zero-order valence-corrected chi connectivity index (χ0v) is 20.1. The number of hydrogen-bond donors (Lipinski definition) is 2. The summed E-state index contributed by atoms with van der Waals surface area (Å²) < 4.78 is 54.6. The molecule has 0 aliphatic carbocycles. The van der Waals surface area contributed by atoms with E-state index in [9.17, 15) is 27.5 Å². The molecule has 0 saturated carbocycles. The summed E-state index contributed by atoms with van der Waals surface area (Å²) in [5.41, 5.74) is -1.76. The number of rotatable bonds is 3. The van der Waals surface area contributed by atoms with Crippen LogP contribution in [-0.2, 0) is 11.7 Å². The molecule has 0 unspecified atom stereocenters. The fourth-order valence-corrected chi connectivity index (χ4v) is 5.58. The van der Waals surface area contributed by atoms with Crippen molar-refractivity contribution in [2.75, 3.05) is 23.7 Å². The van der Waals surface area contributed by atoms with Crippen molar-refractivity contribution in [3.05, 3.63) is 77.0 Å². The molecule has 2 N–H and O–H groups in total. The monoisotopic (exact) mass is 532 g/mol. The Morgan fingerprint density at radius 2 is 1.97 bits per heavy atom. The second-order valence-electron chi connectivity index (χ2n) is 8.72. The number of amidine groups is 1. The van der Waals surface area contributed by atoms with Gasteiger partial charge in [-0.2, -0.15) is 22.5 Å². The molecule has 1 aromatic carbocycles. The maximum Gasteiger partial charge on any atom is 0.416 e. The molecular weight excluding hydrogens is 512 g/mol. The van der Waals surface area contributed by atoms with E-state index in [1.54, 1.807) is 35.2 Å². The fraction of sp³-hybridized carbons (Fsp3) is 0.292. The van der Waals surface area contributed by atoms with Crippen molar-refractivity contribution in [3.8, 4) is 5.88 Å². The Kier molecular flexibility index (Phi) is 6.26. The van der Waals surface area contributed by atoms with E-state index in [0.29, 0.717) is 11.3 Å². The molecule has 1 amide bonds. The first-order valence-corrected chi connectivity index (χ1v) is 12.2. The Labute approximate surface area is 212 Å². The molecule has 192 valence electrons. The number of aliphatic imine (C=N–C) groups is 1. The smallest absolute Gasteiger partial charge is 0.416 e. The van der Waals surface area contributed by atoms with Crippen molar-refractivity contribution in [2.45, 2.75) is 18.6 Å². The topological polar surface area (TPSA) is 104 Å². The number of carbonyl (C=O) groups excluding carboxylic acids is 1. The van der Waals surface area contributed by atoms with Gasteiger partial charge < -0.3 is 15.3 Å². The Bertz CT molecular complexity index is 1360. The van der Waals surface area contributed by atoms with E-state index in [4.69, 9.17) is 4.99 Å². The van der Waals surface area contributed by atoms with Crippen molar-refractivity contribution in [1.82, 2.24) is 20.3 Å². The quantitative estimate of drug-likeness (QED) is 0.493. The summed E-state index contributed by atoms with van der Waals surface area (Å²) in [5.74, 6) is -2.11. The van der Waals surface area contributed by atoms with Gasteiger partial charge in [0.15, 0.2) is 5.17 Å². The molecule has 1 saturated heterocycles. The minimum atomic E-state index is -4.59. The first-order valence-electron chi connectivity index (χ1n) is 11.2. The number of benzene rings is 1. The van der Waals surface area contributed by atoms with E-state index in [1.807, 2.05) is 0 Å². The van der Waals surface area contributed by atoms with Crippen molar-refractivity contribution in [1.29, 1.82) is 0 Å². The number of aryl methyl sites for hydroxylation is 1. The molecule has 0 spiro atoms. The van der Waals surface area contributed by atoms with Crippen LogP contribution in [0.25, 0.3) is 0 Å². The molecule has 2 aliphatic rings. The molecule has 3 aromatic rings. The van der Waals surface area contributed by atoms with E-state index in [2.05, 4.69) is 20.3 Å². The number of pyridine rings is 1. The Balaban J connectivity index is 1.57. The zero-order chi connectivity index (χ0) is 26.4. The lowest BCUT2D eigenvalue weighted by molar-refractivity contribution is -0.137. The Morgan fingerprint density at radius 1 is 1.22 bits per heavy atom. The molecule has 8 nitrogen and oxygen atoms in total. The van der Waals surface area contributed by atoms with Gasteiger partial charge in [0.2, 0.25) is 11.8 Å². The number of aromatic nitrogens is 3. The van der Waals surface area contributed by atoms with Gasteiger partial charge in [0, 0.05) is 30.0 Å². The Hall–Kier alpha value is -3.74. The third kappa shape index (κ3) is 4.70. The second kappa shape index (κ2) is 9.29. The highest BCUT2D eigenvalue weighted by Crippen LogP contribution is 2.46. The largest absolute Gasteiger partial charge is 0.491 e. The molecule has 2 aromatic heterocycles. The number of nitrogens with one attached hydrogen (secondary N) is 1. The summed E-state index contributed by atoms with van der Waals surface area (Å²) in [4.78, 5) is 31.3. The van der Waals surface area contributed by atoms with Crippen LogP contribution in [0.2, 0.25) is 0 Å². The molecular formula is C24H20F4N6O2S. The van der Waals surface area contributed by atoms with Crippen molar-refractivity contribution < 1.29 is 27.5 Å². The molecule has 1 fully saturated rings. The minimum Gasteiger partial charge on any atom is -0.491 e. The molecule has 0 bridgehead atoms. The number of nitrogens with zero attached hydrogens (tertiary/aromatic N) is 5.